The molecule has 0 heterocycles. The Balaban J connectivity index is 3.18. The van der Waals surface area contributed by atoms with E-state index in [9.17, 15) is 8.78 Å². The molecule has 0 saturated heterocycles. The highest BCUT2D eigenvalue weighted by Crippen LogP contribution is 2.38. The Morgan fingerprint density at radius 1 is 1.25 bits per heavy atom. The molecular weight excluding hydrogens is 274 g/mol. The number of nitrogens with one attached hydrogen (secondary N) is 1. The molecule has 0 aliphatic heterocycles. The van der Waals surface area contributed by atoms with Crippen LogP contribution in [-0.4, -0.2) is 33.0 Å². The van der Waals surface area contributed by atoms with Crippen molar-refractivity contribution in [2.24, 2.45) is 16.6 Å². The third-order valence-electron chi connectivity index (χ3n) is 2.11. The number of hydrazone groups is 1. The number of rotatable bonds is 6. The van der Waals surface area contributed by atoms with Crippen molar-refractivity contribution in [2.45, 2.75) is 6.61 Å². The molecule has 1 aromatic rings. The maximum absolute atomic E-state index is 12.3. The molecule has 1 aromatic carbocycles. The zero-order valence-electron chi connectivity index (χ0n) is 10.9. The molecule has 0 atom stereocenters. The predicted octanol–water partition coefficient (Wildman–Crippen LogP) is -1.01. The lowest BCUT2D eigenvalue weighted by Crippen LogP contribution is -2.63. The van der Waals surface area contributed by atoms with Crippen LogP contribution in [0.1, 0.15) is 5.56 Å². The summed E-state index contributed by atoms with van der Waals surface area (Å²) in [6.45, 7) is -2.99. The van der Waals surface area contributed by atoms with Gasteiger partial charge in [0.25, 0.3) is 5.96 Å². The average Bonchev–Trinajstić information content (AvgIpc) is 2.38. The Morgan fingerprint density at radius 2 is 1.80 bits per heavy atom. The highest BCUT2D eigenvalue weighted by Gasteiger charge is 2.18. The van der Waals surface area contributed by atoms with Crippen LogP contribution in [0.3, 0.4) is 0 Å². The van der Waals surface area contributed by atoms with Gasteiger partial charge in [0.2, 0.25) is 12.0 Å². The first-order valence-electron chi connectivity index (χ1n) is 5.36. The number of halogens is 2. The molecule has 0 saturated carbocycles. The summed E-state index contributed by atoms with van der Waals surface area (Å²) in [6, 6.07) is 2.91. The van der Waals surface area contributed by atoms with E-state index >= 15 is 0 Å². The lowest BCUT2D eigenvalue weighted by Gasteiger charge is -2.13. The number of hydrogen-bond acceptors (Lipinski definition) is 4. The number of hydrogen-bond donors (Lipinski definition) is 3. The first-order chi connectivity index (χ1) is 9.47. The van der Waals surface area contributed by atoms with Gasteiger partial charge in [-0.2, -0.15) is 8.78 Å². The Morgan fingerprint density at radius 3 is 2.20 bits per heavy atom. The minimum atomic E-state index is -2.99. The largest absolute Gasteiger partial charge is 0.493 e. The fourth-order valence-corrected chi connectivity index (χ4v) is 1.37. The van der Waals surface area contributed by atoms with Gasteiger partial charge >= 0.3 is 6.61 Å². The highest BCUT2D eigenvalue weighted by molar-refractivity contribution is 5.79. The van der Waals surface area contributed by atoms with Crippen LogP contribution in [0.5, 0.6) is 17.2 Å². The van der Waals surface area contributed by atoms with Crippen LogP contribution in [-0.2, 0) is 0 Å². The number of alkyl halides is 2. The predicted molar refractivity (Wildman–Crippen MR) is 68.1 cm³/mol. The molecule has 7 nitrogen and oxygen atoms in total. The van der Waals surface area contributed by atoms with Gasteiger partial charge in [-0.05, 0) is 12.1 Å². The second-order valence-corrected chi connectivity index (χ2v) is 3.44. The Hall–Kier alpha value is -2.58. The van der Waals surface area contributed by atoms with Crippen LogP contribution in [0, 0.1) is 0 Å². The standard InChI is InChI=1S/C11H14F2N4O3/c1-18-7-3-6(5-16-17-11(14)15)4-8(19-2)9(7)20-10(12)13/h3-5,10H,1-2H3,(H4,14,15,17)/p+1/b16-5-. The maximum Gasteiger partial charge on any atom is 0.387 e. The number of ether oxygens (including phenoxy) is 3. The molecule has 20 heavy (non-hydrogen) atoms. The number of guanidine groups is 1. The molecular formula is C11H15F2N4O3+. The molecule has 0 spiro atoms. The van der Waals surface area contributed by atoms with Crippen molar-refractivity contribution in [1.82, 2.24) is 0 Å². The lowest BCUT2D eigenvalue weighted by atomic mass is 10.2. The SMILES string of the molecule is COc1cc(/C=[NH+]\N=C(N)N)cc(OC)c1OC(F)F. The summed E-state index contributed by atoms with van der Waals surface area (Å²) in [5.41, 5.74) is 10.8. The number of nitrogens with zero attached hydrogens (tertiary/aromatic N) is 1. The molecule has 0 bridgehead atoms. The van der Waals surface area contributed by atoms with Crippen LogP contribution in [0.2, 0.25) is 0 Å². The van der Waals surface area contributed by atoms with E-state index in [1.165, 1.54) is 32.6 Å². The van der Waals surface area contributed by atoms with Crippen molar-refractivity contribution in [3.63, 3.8) is 0 Å². The van der Waals surface area contributed by atoms with E-state index in [2.05, 4.69) is 14.9 Å². The molecule has 5 N–H and O–H groups in total. The van der Waals surface area contributed by atoms with Crippen LogP contribution in [0.4, 0.5) is 8.78 Å². The summed E-state index contributed by atoms with van der Waals surface area (Å²) < 4.78 is 39.0. The summed E-state index contributed by atoms with van der Waals surface area (Å²) >= 11 is 0. The molecule has 0 aromatic heterocycles. The summed E-state index contributed by atoms with van der Waals surface area (Å²) in [5.74, 6) is -0.174. The average molecular weight is 289 g/mol. The first-order valence-corrected chi connectivity index (χ1v) is 5.36. The Labute approximate surface area is 113 Å². The minimum absolute atomic E-state index is 0.0856. The number of benzene rings is 1. The molecule has 0 fully saturated rings. The molecule has 110 valence electrons. The zero-order valence-corrected chi connectivity index (χ0v) is 10.9. The molecule has 0 unspecified atom stereocenters. The van der Waals surface area contributed by atoms with Gasteiger partial charge in [0.15, 0.2) is 11.5 Å². The van der Waals surface area contributed by atoms with Gasteiger partial charge in [-0.25, -0.2) is 0 Å². The lowest BCUT2D eigenvalue weighted by molar-refractivity contribution is -0.456. The van der Waals surface area contributed by atoms with Crippen molar-refractivity contribution >= 4 is 12.2 Å². The highest BCUT2D eigenvalue weighted by atomic mass is 19.3. The minimum Gasteiger partial charge on any atom is -0.493 e. The van der Waals surface area contributed by atoms with Gasteiger partial charge in [-0.1, -0.05) is 0 Å². The third kappa shape index (κ3) is 4.26. The summed E-state index contributed by atoms with van der Waals surface area (Å²) in [7, 11) is 2.64. The number of methoxy groups -OCH3 is 2. The van der Waals surface area contributed by atoms with E-state index in [0.717, 1.165) is 0 Å². The van der Waals surface area contributed by atoms with E-state index in [0.29, 0.717) is 5.56 Å². The molecule has 0 radical (unpaired) electrons. The molecule has 0 aliphatic carbocycles. The quantitative estimate of drug-likeness (QED) is 0.353. The fraction of sp³-hybridized carbons (Fsp3) is 0.273. The van der Waals surface area contributed by atoms with Crippen molar-refractivity contribution < 1.29 is 28.1 Å². The van der Waals surface area contributed by atoms with Gasteiger partial charge in [0.05, 0.1) is 14.2 Å². The summed E-state index contributed by atoms with van der Waals surface area (Å²) in [5, 5.41) is 6.01. The molecule has 0 amide bonds. The van der Waals surface area contributed by atoms with E-state index in [-0.39, 0.29) is 23.2 Å². The van der Waals surface area contributed by atoms with Gasteiger partial charge in [-0.15, -0.1) is 5.10 Å². The maximum atomic E-state index is 12.3. The smallest absolute Gasteiger partial charge is 0.387 e. The van der Waals surface area contributed by atoms with Gasteiger partial charge in [0, 0.05) is 10.7 Å². The van der Waals surface area contributed by atoms with Crippen molar-refractivity contribution in [1.29, 1.82) is 0 Å². The van der Waals surface area contributed by atoms with Crippen molar-refractivity contribution in [3.05, 3.63) is 17.7 Å². The second-order valence-electron chi connectivity index (χ2n) is 3.44. The molecule has 1 rings (SSSR count). The van der Waals surface area contributed by atoms with Crippen LogP contribution in [0.25, 0.3) is 0 Å². The summed E-state index contributed by atoms with van der Waals surface area (Å²) in [6.07, 6.45) is 1.43. The summed E-state index contributed by atoms with van der Waals surface area (Å²) in [4.78, 5) is 0. The fourth-order valence-electron chi connectivity index (χ4n) is 1.37. The Bertz CT molecular complexity index is 491. The van der Waals surface area contributed by atoms with Gasteiger partial charge < -0.3 is 25.7 Å². The van der Waals surface area contributed by atoms with E-state index in [4.69, 9.17) is 20.9 Å². The van der Waals surface area contributed by atoms with E-state index in [1.54, 1.807) is 0 Å². The molecule has 0 aliphatic rings. The third-order valence-corrected chi connectivity index (χ3v) is 2.11. The van der Waals surface area contributed by atoms with Gasteiger partial charge in [-0.3, -0.25) is 0 Å². The van der Waals surface area contributed by atoms with E-state index in [1.807, 2.05) is 0 Å². The Kier molecular flexibility index (Phi) is 5.51. The number of nitrogens with two attached hydrogens (primary N) is 2. The van der Waals surface area contributed by atoms with Crippen LogP contribution in [0.15, 0.2) is 17.2 Å². The zero-order chi connectivity index (χ0) is 15.1. The van der Waals surface area contributed by atoms with Crippen molar-refractivity contribution in [3.8, 4) is 17.2 Å². The monoisotopic (exact) mass is 289 g/mol. The molecule has 9 heteroatoms. The van der Waals surface area contributed by atoms with Crippen molar-refractivity contribution in [2.75, 3.05) is 14.2 Å². The van der Waals surface area contributed by atoms with Crippen LogP contribution >= 0.6 is 0 Å². The normalized spacial score (nSPS) is 10.7. The van der Waals surface area contributed by atoms with E-state index < -0.39 is 6.61 Å². The van der Waals surface area contributed by atoms with Crippen LogP contribution < -0.4 is 30.8 Å². The van der Waals surface area contributed by atoms with Gasteiger partial charge in [0.1, 0.15) is 0 Å². The second kappa shape index (κ2) is 7.12. The first kappa shape index (κ1) is 15.5. The topological polar surface area (TPSA) is 106 Å².